The summed E-state index contributed by atoms with van der Waals surface area (Å²) in [6, 6.07) is 9.42. The lowest BCUT2D eigenvalue weighted by molar-refractivity contribution is -0.119. The first-order chi connectivity index (χ1) is 6.84. The van der Waals surface area contributed by atoms with Crippen LogP contribution in [0.25, 0.3) is 0 Å². The van der Waals surface area contributed by atoms with Crippen molar-refractivity contribution in [2.45, 2.75) is 6.23 Å². The molecule has 14 heavy (non-hydrogen) atoms. The molecule has 0 radical (unpaired) electrons. The predicted molar refractivity (Wildman–Crippen MR) is 49.8 cm³/mol. The van der Waals surface area contributed by atoms with Gasteiger partial charge < -0.3 is 14.8 Å². The molecule has 1 N–H and O–H groups in total. The number of benzene rings is 1. The molecule has 0 spiro atoms. The van der Waals surface area contributed by atoms with Gasteiger partial charge in [0.15, 0.2) is 6.23 Å². The summed E-state index contributed by atoms with van der Waals surface area (Å²) in [5.74, 6) is 0.684. The van der Waals surface area contributed by atoms with Crippen LogP contribution in [0.1, 0.15) is 0 Å². The van der Waals surface area contributed by atoms with Gasteiger partial charge in [-0.25, -0.2) is 0 Å². The largest absolute Gasteiger partial charge is 0.489 e. The number of amides is 1. The molecule has 2 rings (SSSR count). The fourth-order valence-electron chi connectivity index (χ4n) is 1.22. The molecule has 4 heteroatoms. The summed E-state index contributed by atoms with van der Waals surface area (Å²) in [7, 11) is 0. The standard InChI is InChI=1S/C10H11NO3/c12-9-6-14-10(11-9)7-13-8-4-2-1-3-5-8/h1-5,10H,6-7H2,(H,11,12). The monoisotopic (exact) mass is 193 g/mol. The Labute approximate surface area is 81.8 Å². The number of carbonyl (C=O) groups is 1. The van der Waals surface area contributed by atoms with Gasteiger partial charge in [0.05, 0.1) is 0 Å². The lowest BCUT2D eigenvalue weighted by Gasteiger charge is -2.10. The molecule has 0 aromatic heterocycles. The second kappa shape index (κ2) is 4.11. The molecule has 0 saturated carbocycles. The average molecular weight is 193 g/mol. The second-order valence-corrected chi connectivity index (χ2v) is 2.99. The van der Waals surface area contributed by atoms with Crippen molar-refractivity contribution in [1.82, 2.24) is 5.32 Å². The van der Waals surface area contributed by atoms with Crippen LogP contribution in [0.5, 0.6) is 5.75 Å². The summed E-state index contributed by atoms with van der Waals surface area (Å²) >= 11 is 0. The fraction of sp³-hybridized carbons (Fsp3) is 0.300. The first kappa shape index (κ1) is 9.02. The summed E-state index contributed by atoms with van der Waals surface area (Å²) in [5.41, 5.74) is 0. The second-order valence-electron chi connectivity index (χ2n) is 2.99. The van der Waals surface area contributed by atoms with Crippen LogP contribution in [0, 0.1) is 0 Å². The van der Waals surface area contributed by atoms with E-state index in [-0.39, 0.29) is 18.7 Å². The van der Waals surface area contributed by atoms with E-state index in [1.165, 1.54) is 0 Å². The van der Waals surface area contributed by atoms with E-state index >= 15 is 0 Å². The van der Waals surface area contributed by atoms with Gasteiger partial charge in [-0.05, 0) is 12.1 Å². The van der Waals surface area contributed by atoms with Gasteiger partial charge in [0.2, 0.25) is 5.91 Å². The Morgan fingerprint density at radius 3 is 2.86 bits per heavy atom. The summed E-state index contributed by atoms with van der Waals surface area (Å²) in [6.45, 7) is 0.471. The molecular weight excluding hydrogens is 182 g/mol. The molecule has 0 bridgehead atoms. The summed E-state index contributed by atoms with van der Waals surface area (Å²) in [6.07, 6.45) is -0.317. The van der Waals surface area contributed by atoms with Gasteiger partial charge in [-0.3, -0.25) is 4.79 Å². The van der Waals surface area contributed by atoms with E-state index in [1.54, 1.807) is 0 Å². The van der Waals surface area contributed by atoms with Crippen LogP contribution in [0.15, 0.2) is 30.3 Å². The van der Waals surface area contributed by atoms with Crippen molar-refractivity contribution in [3.05, 3.63) is 30.3 Å². The highest BCUT2D eigenvalue weighted by Gasteiger charge is 2.21. The Morgan fingerprint density at radius 2 is 2.21 bits per heavy atom. The third-order valence-corrected chi connectivity index (χ3v) is 1.88. The number of ether oxygens (including phenoxy) is 2. The van der Waals surface area contributed by atoms with E-state index < -0.39 is 0 Å². The van der Waals surface area contributed by atoms with E-state index in [4.69, 9.17) is 9.47 Å². The zero-order valence-electron chi connectivity index (χ0n) is 7.60. The Bertz CT molecular complexity index is 312. The first-order valence-corrected chi connectivity index (χ1v) is 4.43. The van der Waals surface area contributed by atoms with Crippen LogP contribution in [-0.4, -0.2) is 25.3 Å². The van der Waals surface area contributed by atoms with E-state index in [2.05, 4.69) is 5.32 Å². The quantitative estimate of drug-likeness (QED) is 0.762. The Morgan fingerprint density at radius 1 is 1.43 bits per heavy atom. The van der Waals surface area contributed by atoms with Crippen molar-refractivity contribution in [1.29, 1.82) is 0 Å². The van der Waals surface area contributed by atoms with Gasteiger partial charge in [-0.2, -0.15) is 0 Å². The van der Waals surface area contributed by atoms with Gasteiger partial charge in [0.25, 0.3) is 0 Å². The van der Waals surface area contributed by atoms with E-state index in [0.29, 0.717) is 6.61 Å². The molecule has 1 fully saturated rings. The first-order valence-electron chi connectivity index (χ1n) is 4.43. The Kier molecular flexibility index (Phi) is 2.65. The maximum absolute atomic E-state index is 10.8. The third kappa shape index (κ3) is 2.23. The minimum Gasteiger partial charge on any atom is -0.489 e. The molecule has 1 aromatic carbocycles. The third-order valence-electron chi connectivity index (χ3n) is 1.88. The smallest absolute Gasteiger partial charge is 0.248 e. The maximum Gasteiger partial charge on any atom is 0.248 e. The lowest BCUT2D eigenvalue weighted by Crippen LogP contribution is -2.31. The van der Waals surface area contributed by atoms with Crippen LogP contribution < -0.4 is 10.1 Å². The van der Waals surface area contributed by atoms with Crippen molar-refractivity contribution in [3.63, 3.8) is 0 Å². The normalized spacial score (nSPS) is 20.6. The van der Waals surface area contributed by atoms with Crippen molar-refractivity contribution in [2.75, 3.05) is 13.2 Å². The summed E-state index contributed by atoms with van der Waals surface area (Å²) < 4.78 is 10.5. The lowest BCUT2D eigenvalue weighted by atomic mass is 10.3. The van der Waals surface area contributed by atoms with Gasteiger partial charge in [-0.15, -0.1) is 0 Å². The maximum atomic E-state index is 10.8. The molecule has 1 aliphatic heterocycles. The fourth-order valence-corrected chi connectivity index (χ4v) is 1.22. The number of para-hydroxylation sites is 1. The highest BCUT2D eigenvalue weighted by Crippen LogP contribution is 2.09. The molecule has 4 nitrogen and oxygen atoms in total. The zero-order valence-corrected chi connectivity index (χ0v) is 7.60. The predicted octanol–water partition coefficient (Wildman–Crippen LogP) is 0.538. The molecule has 1 amide bonds. The minimum absolute atomic E-state index is 0.0911. The number of hydrogen-bond donors (Lipinski definition) is 1. The minimum atomic E-state index is -0.317. The summed E-state index contributed by atoms with van der Waals surface area (Å²) in [5, 5.41) is 2.64. The van der Waals surface area contributed by atoms with Crippen LogP contribution in [-0.2, 0) is 9.53 Å². The van der Waals surface area contributed by atoms with Gasteiger partial charge in [-0.1, -0.05) is 18.2 Å². The number of rotatable bonds is 3. The topological polar surface area (TPSA) is 47.6 Å². The molecule has 1 heterocycles. The van der Waals surface area contributed by atoms with E-state index in [0.717, 1.165) is 5.75 Å². The molecule has 0 aliphatic carbocycles. The Hall–Kier alpha value is -1.55. The molecule has 1 aliphatic rings. The molecular formula is C10H11NO3. The van der Waals surface area contributed by atoms with Crippen LogP contribution >= 0.6 is 0 Å². The highest BCUT2D eigenvalue weighted by molar-refractivity contribution is 5.78. The number of carbonyl (C=O) groups excluding carboxylic acids is 1. The van der Waals surface area contributed by atoms with Gasteiger partial charge in [0.1, 0.15) is 19.0 Å². The Balaban J connectivity index is 1.80. The van der Waals surface area contributed by atoms with Gasteiger partial charge in [0, 0.05) is 0 Å². The molecule has 74 valence electrons. The van der Waals surface area contributed by atoms with Crippen LogP contribution in [0.2, 0.25) is 0 Å². The average Bonchev–Trinajstić information content (AvgIpc) is 2.63. The zero-order chi connectivity index (χ0) is 9.80. The molecule has 1 saturated heterocycles. The van der Waals surface area contributed by atoms with Crippen molar-refractivity contribution in [2.24, 2.45) is 0 Å². The van der Waals surface area contributed by atoms with Crippen molar-refractivity contribution < 1.29 is 14.3 Å². The van der Waals surface area contributed by atoms with Crippen LogP contribution in [0.4, 0.5) is 0 Å². The SMILES string of the molecule is O=C1COC(COc2ccccc2)N1. The molecule has 1 atom stereocenters. The van der Waals surface area contributed by atoms with E-state index in [1.807, 2.05) is 30.3 Å². The van der Waals surface area contributed by atoms with Crippen LogP contribution in [0.3, 0.4) is 0 Å². The van der Waals surface area contributed by atoms with Crippen molar-refractivity contribution >= 4 is 5.91 Å². The van der Waals surface area contributed by atoms with Gasteiger partial charge >= 0.3 is 0 Å². The molecule has 1 unspecified atom stereocenters. The summed E-state index contributed by atoms with van der Waals surface area (Å²) in [4.78, 5) is 10.8. The number of nitrogens with one attached hydrogen (secondary N) is 1. The number of hydrogen-bond acceptors (Lipinski definition) is 3. The van der Waals surface area contributed by atoms with Crippen molar-refractivity contribution in [3.8, 4) is 5.75 Å². The van der Waals surface area contributed by atoms with E-state index in [9.17, 15) is 4.79 Å². The highest BCUT2D eigenvalue weighted by atomic mass is 16.6. The molecule has 1 aromatic rings.